The van der Waals surface area contributed by atoms with Crippen LogP contribution in [0.3, 0.4) is 0 Å². The monoisotopic (exact) mass is 205 g/mol. The van der Waals surface area contributed by atoms with Gasteiger partial charge in [-0.2, -0.15) is 0 Å². The van der Waals surface area contributed by atoms with Gasteiger partial charge in [-0.25, -0.2) is 4.79 Å². The molecule has 0 atom stereocenters. The third kappa shape index (κ3) is 2.40. The largest absolute Gasteiger partial charge is 0.397 e. The number of hydrogen-bond donors (Lipinski definition) is 3. The van der Waals surface area contributed by atoms with E-state index in [1.165, 1.54) is 6.42 Å². The van der Waals surface area contributed by atoms with Crippen molar-refractivity contribution in [2.75, 3.05) is 11.1 Å². The predicted octanol–water partition coefficient (Wildman–Crippen LogP) is 1.94. The van der Waals surface area contributed by atoms with Crippen molar-refractivity contribution in [1.29, 1.82) is 0 Å². The molecule has 1 saturated carbocycles. The minimum Gasteiger partial charge on any atom is -0.397 e. The zero-order chi connectivity index (χ0) is 10.7. The Labute approximate surface area is 88.9 Å². The second-order valence-corrected chi connectivity index (χ2v) is 3.81. The molecule has 0 heterocycles. The normalized spacial score (nSPS) is 15.5. The molecule has 0 unspecified atom stereocenters. The van der Waals surface area contributed by atoms with E-state index in [1.54, 1.807) is 12.1 Å². The average molecular weight is 205 g/mol. The first-order valence-corrected chi connectivity index (χ1v) is 5.18. The van der Waals surface area contributed by atoms with Crippen LogP contribution in [0.1, 0.15) is 19.3 Å². The van der Waals surface area contributed by atoms with Crippen LogP contribution in [0.5, 0.6) is 0 Å². The number of anilines is 2. The summed E-state index contributed by atoms with van der Waals surface area (Å²) < 4.78 is 0. The lowest BCUT2D eigenvalue weighted by Crippen LogP contribution is -2.41. The van der Waals surface area contributed by atoms with E-state index in [9.17, 15) is 4.79 Å². The van der Waals surface area contributed by atoms with Gasteiger partial charge < -0.3 is 16.4 Å². The molecule has 0 spiro atoms. The van der Waals surface area contributed by atoms with Gasteiger partial charge in [0, 0.05) is 6.04 Å². The van der Waals surface area contributed by atoms with Crippen molar-refractivity contribution in [3.05, 3.63) is 24.3 Å². The second kappa shape index (κ2) is 4.21. The van der Waals surface area contributed by atoms with E-state index in [4.69, 9.17) is 5.73 Å². The van der Waals surface area contributed by atoms with Crippen molar-refractivity contribution >= 4 is 17.4 Å². The van der Waals surface area contributed by atoms with Gasteiger partial charge in [0.25, 0.3) is 0 Å². The van der Waals surface area contributed by atoms with Crippen molar-refractivity contribution in [1.82, 2.24) is 5.32 Å². The van der Waals surface area contributed by atoms with Gasteiger partial charge >= 0.3 is 6.03 Å². The Kier molecular flexibility index (Phi) is 2.76. The molecule has 1 aromatic carbocycles. The molecule has 4 nitrogen and oxygen atoms in total. The maximum Gasteiger partial charge on any atom is 0.319 e. The van der Waals surface area contributed by atoms with Gasteiger partial charge in [-0.05, 0) is 31.4 Å². The van der Waals surface area contributed by atoms with E-state index in [1.807, 2.05) is 12.1 Å². The number of nitrogens with two attached hydrogens (primary N) is 1. The highest BCUT2D eigenvalue weighted by molar-refractivity contribution is 5.92. The van der Waals surface area contributed by atoms with Crippen LogP contribution in [-0.4, -0.2) is 12.1 Å². The summed E-state index contributed by atoms with van der Waals surface area (Å²) in [6, 6.07) is 7.40. The fourth-order valence-corrected chi connectivity index (χ4v) is 1.51. The Morgan fingerprint density at radius 3 is 2.67 bits per heavy atom. The first kappa shape index (κ1) is 9.83. The van der Waals surface area contributed by atoms with Crippen molar-refractivity contribution < 1.29 is 4.79 Å². The minimum atomic E-state index is -0.169. The molecule has 1 aromatic rings. The Bertz CT molecular complexity index is 361. The molecule has 0 aromatic heterocycles. The molecule has 4 heteroatoms. The van der Waals surface area contributed by atoms with Crippen LogP contribution in [0.15, 0.2) is 24.3 Å². The van der Waals surface area contributed by atoms with E-state index in [0.29, 0.717) is 17.4 Å². The van der Waals surface area contributed by atoms with Crippen LogP contribution in [0.25, 0.3) is 0 Å². The molecule has 0 saturated heterocycles. The summed E-state index contributed by atoms with van der Waals surface area (Å²) in [5.41, 5.74) is 6.95. The van der Waals surface area contributed by atoms with E-state index in [2.05, 4.69) is 10.6 Å². The SMILES string of the molecule is Nc1ccccc1NC(=O)NC1CCC1. The summed E-state index contributed by atoms with van der Waals surface area (Å²) >= 11 is 0. The van der Waals surface area contributed by atoms with Crippen LogP contribution in [0, 0.1) is 0 Å². The highest BCUT2D eigenvalue weighted by atomic mass is 16.2. The summed E-state index contributed by atoms with van der Waals surface area (Å²) in [4.78, 5) is 11.5. The Morgan fingerprint density at radius 2 is 2.07 bits per heavy atom. The predicted molar refractivity (Wildman–Crippen MR) is 60.6 cm³/mol. The molecule has 4 N–H and O–H groups in total. The number of para-hydroxylation sites is 2. The highest BCUT2D eigenvalue weighted by Gasteiger charge is 2.19. The highest BCUT2D eigenvalue weighted by Crippen LogP contribution is 2.19. The Hall–Kier alpha value is -1.71. The number of nitrogens with one attached hydrogen (secondary N) is 2. The van der Waals surface area contributed by atoms with Crippen molar-refractivity contribution in [2.45, 2.75) is 25.3 Å². The fraction of sp³-hybridized carbons (Fsp3) is 0.364. The summed E-state index contributed by atoms with van der Waals surface area (Å²) in [6.07, 6.45) is 3.37. The molecule has 1 fully saturated rings. The van der Waals surface area contributed by atoms with Gasteiger partial charge in [0.1, 0.15) is 0 Å². The van der Waals surface area contributed by atoms with Gasteiger partial charge in [0.05, 0.1) is 11.4 Å². The third-order valence-electron chi connectivity index (χ3n) is 2.65. The molecule has 0 bridgehead atoms. The molecule has 80 valence electrons. The topological polar surface area (TPSA) is 67.1 Å². The molecular weight excluding hydrogens is 190 g/mol. The lowest BCUT2D eigenvalue weighted by atomic mass is 9.93. The smallest absolute Gasteiger partial charge is 0.319 e. The standard InChI is InChI=1S/C11H15N3O/c12-9-6-1-2-7-10(9)14-11(15)13-8-4-3-5-8/h1-2,6-8H,3-5,12H2,(H2,13,14,15). The fourth-order valence-electron chi connectivity index (χ4n) is 1.51. The van der Waals surface area contributed by atoms with Gasteiger partial charge in [-0.3, -0.25) is 0 Å². The van der Waals surface area contributed by atoms with Gasteiger partial charge in [0.2, 0.25) is 0 Å². The number of carbonyl (C=O) groups is 1. The summed E-state index contributed by atoms with van der Waals surface area (Å²) in [5, 5.41) is 5.62. The summed E-state index contributed by atoms with van der Waals surface area (Å²) in [5.74, 6) is 0. The van der Waals surface area contributed by atoms with Crippen molar-refractivity contribution in [3.63, 3.8) is 0 Å². The summed E-state index contributed by atoms with van der Waals surface area (Å²) in [6.45, 7) is 0. The molecule has 0 aliphatic heterocycles. The molecule has 2 amide bonds. The molecular formula is C11H15N3O. The number of benzene rings is 1. The van der Waals surface area contributed by atoms with Crippen LogP contribution < -0.4 is 16.4 Å². The Morgan fingerprint density at radius 1 is 1.33 bits per heavy atom. The molecule has 0 radical (unpaired) electrons. The van der Waals surface area contributed by atoms with Crippen LogP contribution >= 0.6 is 0 Å². The first-order valence-electron chi connectivity index (χ1n) is 5.18. The lowest BCUT2D eigenvalue weighted by molar-refractivity contribution is 0.240. The van der Waals surface area contributed by atoms with Crippen molar-refractivity contribution in [2.24, 2.45) is 0 Å². The second-order valence-electron chi connectivity index (χ2n) is 3.81. The quantitative estimate of drug-likeness (QED) is 0.646. The minimum absolute atomic E-state index is 0.169. The lowest BCUT2D eigenvalue weighted by Gasteiger charge is -2.26. The maximum absolute atomic E-state index is 11.5. The third-order valence-corrected chi connectivity index (χ3v) is 2.65. The summed E-state index contributed by atoms with van der Waals surface area (Å²) in [7, 11) is 0. The van der Waals surface area contributed by atoms with E-state index in [-0.39, 0.29) is 6.03 Å². The number of amides is 2. The van der Waals surface area contributed by atoms with Gasteiger partial charge in [0.15, 0.2) is 0 Å². The zero-order valence-electron chi connectivity index (χ0n) is 8.49. The van der Waals surface area contributed by atoms with Gasteiger partial charge in [-0.1, -0.05) is 12.1 Å². The number of rotatable bonds is 2. The van der Waals surface area contributed by atoms with Crippen LogP contribution in [-0.2, 0) is 0 Å². The number of urea groups is 1. The Balaban J connectivity index is 1.90. The molecule has 1 aliphatic rings. The van der Waals surface area contributed by atoms with E-state index < -0.39 is 0 Å². The van der Waals surface area contributed by atoms with Gasteiger partial charge in [-0.15, -0.1) is 0 Å². The van der Waals surface area contributed by atoms with E-state index >= 15 is 0 Å². The average Bonchev–Trinajstić information content (AvgIpc) is 2.16. The number of nitrogen functional groups attached to an aromatic ring is 1. The molecule has 2 rings (SSSR count). The number of hydrogen-bond acceptors (Lipinski definition) is 2. The van der Waals surface area contributed by atoms with E-state index in [0.717, 1.165) is 12.8 Å². The number of carbonyl (C=O) groups excluding carboxylic acids is 1. The first-order chi connectivity index (χ1) is 7.25. The van der Waals surface area contributed by atoms with Crippen LogP contribution in [0.2, 0.25) is 0 Å². The molecule has 1 aliphatic carbocycles. The van der Waals surface area contributed by atoms with Crippen molar-refractivity contribution in [3.8, 4) is 0 Å². The maximum atomic E-state index is 11.5. The zero-order valence-corrected chi connectivity index (χ0v) is 8.49. The molecule has 15 heavy (non-hydrogen) atoms. The van der Waals surface area contributed by atoms with Crippen LogP contribution in [0.4, 0.5) is 16.2 Å².